The van der Waals surface area contributed by atoms with Gasteiger partial charge in [0.05, 0.1) is 5.54 Å². The Balaban J connectivity index is 1.56. The van der Waals surface area contributed by atoms with E-state index in [4.69, 9.17) is 0 Å². The van der Waals surface area contributed by atoms with Crippen molar-refractivity contribution in [2.45, 2.75) is 62.9 Å². The highest BCUT2D eigenvalue weighted by molar-refractivity contribution is 5.78. The van der Waals surface area contributed by atoms with Crippen molar-refractivity contribution in [2.75, 3.05) is 26.7 Å². The number of hydrogen-bond acceptors (Lipinski definition) is 2. The summed E-state index contributed by atoms with van der Waals surface area (Å²) in [5, 5.41) is 3.17. The molecule has 1 aliphatic heterocycles. The Hall–Kier alpha value is -1.55. The van der Waals surface area contributed by atoms with Crippen LogP contribution in [0.15, 0.2) is 30.3 Å². The Kier molecular flexibility index (Phi) is 4.72. The van der Waals surface area contributed by atoms with E-state index >= 15 is 0 Å². The largest absolute Gasteiger partial charge is 0.336 e. The first kappa shape index (κ1) is 17.8. The quantitative estimate of drug-likeness (QED) is 0.867. The molecule has 4 nitrogen and oxygen atoms in total. The van der Waals surface area contributed by atoms with Gasteiger partial charge >= 0.3 is 6.03 Å². The number of hydrogen-bond donors (Lipinski definition) is 1. The van der Waals surface area contributed by atoms with Crippen LogP contribution in [0.5, 0.6) is 0 Å². The second-order valence-corrected chi connectivity index (χ2v) is 8.70. The van der Waals surface area contributed by atoms with Crippen LogP contribution in [0.25, 0.3) is 0 Å². The molecule has 4 rings (SSSR count). The van der Waals surface area contributed by atoms with Gasteiger partial charge in [-0.2, -0.15) is 0 Å². The lowest BCUT2D eigenvalue weighted by Crippen LogP contribution is -2.57. The number of rotatable bonds is 5. The highest BCUT2D eigenvalue weighted by Crippen LogP contribution is 2.48. The van der Waals surface area contributed by atoms with Gasteiger partial charge in [-0.25, -0.2) is 4.79 Å². The fourth-order valence-electron chi connectivity index (χ4n) is 5.37. The monoisotopic (exact) mass is 355 g/mol. The zero-order valence-corrected chi connectivity index (χ0v) is 16.3. The maximum absolute atomic E-state index is 12.5. The first-order chi connectivity index (χ1) is 12.6. The zero-order valence-electron chi connectivity index (χ0n) is 16.3. The van der Waals surface area contributed by atoms with E-state index in [0.717, 1.165) is 51.2 Å². The number of carbonyl (C=O) groups is 1. The van der Waals surface area contributed by atoms with Crippen molar-refractivity contribution in [1.82, 2.24) is 15.1 Å². The molecular formula is C22H33N3O. The van der Waals surface area contributed by atoms with Crippen LogP contribution in [0.1, 0.15) is 57.4 Å². The number of nitrogens with zero attached hydrogens (tertiary/aromatic N) is 2. The smallest absolute Gasteiger partial charge is 0.318 e. The first-order valence-corrected chi connectivity index (χ1v) is 10.4. The standard InChI is InChI=1S/C22H33N3O/c1-3-24(2)22(19-10-5-4-6-11-19)14-12-21(13-15-22)17-23-20(26)25(21)16-18-8-7-9-18/h4-6,10-11,18H,3,7-9,12-17H2,1-2H3,(H,23,26)/t21-,22+. The second-order valence-electron chi connectivity index (χ2n) is 8.70. The predicted octanol–water partition coefficient (Wildman–Crippen LogP) is 3.97. The molecule has 0 bridgehead atoms. The van der Waals surface area contributed by atoms with Crippen molar-refractivity contribution >= 4 is 6.03 Å². The Labute approximate surface area is 157 Å². The summed E-state index contributed by atoms with van der Waals surface area (Å²) in [6, 6.07) is 11.2. The van der Waals surface area contributed by atoms with Gasteiger partial charge in [0.1, 0.15) is 0 Å². The van der Waals surface area contributed by atoms with E-state index in [9.17, 15) is 4.79 Å². The number of benzene rings is 1. The van der Waals surface area contributed by atoms with Crippen molar-refractivity contribution < 1.29 is 4.79 Å². The maximum Gasteiger partial charge on any atom is 0.318 e. The van der Waals surface area contributed by atoms with Crippen LogP contribution in [0.2, 0.25) is 0 Å². The summed E-state index contributed by atoms with van der Waals surface area (Å²) in [6.07, 6.45) is 8.37. The molecule has 2 saturated carbocycles. The van der Waals surface area contributed by atoms with Crippen LogP contribution in [-0.4, -0.2) is 48.1 Å². The van der Waals surface area contributed by atoms with Gasteiger partial charge in [0.2, 0.25) is 0 Å². The van der Waals surface area contributed by atoms with Gasteiger partial charge in [0.25, 0.3) is 0 Å². The maximum atomic E-state index is 12.5. The lowest BCUT2D eigenvalue weighted by molar-refractivity contribution is 0.00814. The van der Waals surface area contributed by atoms with Crippen LogP contribution < -0.4 is 5.32 Å². The average molecular weight is 356 g/mol. The van der Waals surface area contributed by atoms with Crippen molar-refractivity contribution in [3.05, 3.63) is 35.9 Å². The van der Waals surface area contributed by atoms with Crippen molar-refractivity contribution in [2.24, 2.45) is 5.92 Å². The van der Waals surface area contributed by atoms with E-state index in [-0.39, 0.29) is 17.1 Å². The first-order valence-electron chi connectivity index (χ1n) is 10.4. The summed E-state index contributed by atoms with van der Waals surface area (Å²) in [5.41, 5.74) is 1.58. The van der Waals surface area contributed by atoms with Crippen LogP contribution in [0.3, 0.4) is 0 Å². The molecule has 2 amide bonds. The van der Waals surface area contributed by atoms with Crippen LogP contribution in [0.4, 0.5) is 4.79 Å². The van der Waals surface area contributed by atoms with Crippen molar-refractivity contribution in [3.63, 3.8) is 0 Å². The zero-order chi connectivity index (χ0) is 18.2. The van der Waals surface area contributed by atoms with E-state index in [1.165, 1.54) is 24.8 Å². The SMILES string of the molecule is CCN(C)[C@]1(c2ccccc2)CC[C@]2(CC1)CNC(=O)N2CC1CCC1. The Morgan fingerprint density at radius 2 is 1.85 bits per heavy atom. The number of nitrogens with one attached hydrogen (secondary N) is 1. The van der Waals surface area contributed by atoms with Gasteiger partial charge in [-0.3, -0.25) is 4.90 Å². The van der Waals surface area contributed by atoms with Crippen LogP contribution in [-0.2, 0) is 5.54 Å². The lowest BCUT2D eigenvalue weighted by Gasteiger charge is -2.52. The highest BCUT2D eigenvalue weighted by Gasteiger charge is 2.52. The molecule has 1 aromatic rings. The Morgan fingerprint density at radius 3 is 2.42 bits per heavy atom. The van der Waals surface area contributed by atoms with Crippen LogP contribution >= 0.6 is 0 Å². The molecule has 3 aliphatic rings. The molecule has 1 heterocycles. The molecular weight excluding hydrogens is 322 g/mol. The minimum atomic E-state index is 0.0412. The molecule has 1 aromatic carbocycles. The van der Waals surface area contributed by atoms with Crippen LogP contribution in [0, 0.1) is 5.92 Å². The summed E-state index contributed by atoms with van der Waals surface area (Å²) in [5.74, 6) is 0.731. The van der Waals surface area contributed by atoms with Gasteiger partial charge < -0.3 is 10.2 Å². The van der Waals surface area contributed by atoms with Crippen molar-refractivity contribution in [3.8, 4) is 0 Å². The van der Waals surface area contributed by atoms with E-state index in [1.807, 2.05) is 0 Å². The van der Waals surface area contributed by atoms with E-state index in [0.29, 0.717) is 0 Å². The molecule has 142 valence electrons. The lowest BCUT2D eigenvalue weighted by atomic mass is 9.68. The topological polar surface area (TPSA) is 35.6 Å². The summed E-state index contributed by atoms with van der Waals surface area (Å²) in [7, 11) is 2.26. The van der Waals surface area contributed by atoms with Gasteiger partial charge in [0, 0.05) is 18.6 Å². The third kappa shape index (κ3) is 2.83. The number of urea groups is 1. The molecule has 0 radical (unpaired) electrons. The summed E-state index contributed by atoms with van der Waals surface area (Å²) < 4.78 is 0. The minimum Gasteiger partial charge on any atom is -0.336 e. The van der Waals surface area contributed by atoms with E-state index < -0.39 is 0 Å². The van der Waals surface area contributed by atoms with Gasteiger partial charge in [-0.15, -0.1) is 0 Å². The predicted molar refractivity (Wildman–Crippen MR) is 105 cm³/mol. The molecule has 4 heteroatoms. The summed E-state index contributed by atoms with van der Waals surface area (Å²) >= 11 is 0. The summed E-state index contributed by atoms with van der Waals surface area (Å²) in [4.78, 5) is 17.3. The average Bonchev–Trinajstić information content (AvgIpc) is 2.95. The Morgan fingerprint density at radius 1 is 1.15 bits per heavy atom. The molecule has 26 heavy (non-hydrogen) atoms. The second kappa shape index (κ2) is 6.88. The molecule has 3 fully saturated rings. The minimum absolute atomic E-state index is 0.0412. The fourth-order valence-corrected chi connectivity index (χ4v) is 5.37. The fraction of sp³-hybridized carbons (Fsp3) is 0.682. The molecule has 2 aliphatic carbocycles. The van der Waals surface area contributed by atoms with Crippen molar-refractivity contribution in [1.29, 1.82) is 0 Å². The highest BCUT2D eigenvalue weighted by atomic mass is 16.2. The normalized spacial score (nSPS) is 32.1. The molecule has 0 aromatic heterocycles. The number of amides is 2. The molecule has 0 unspecified atom stereocenters. The third-order valence-corrected chi connectivity index (χ3v) is 7.58. The van der Waals surface area contributed by atoms with Gasteiger partial charge in [-0.1, -0.05) is 43.7 Å². The molecule has 1 N–H and O–H groups in total. The third-order valence-electron chi connectivity index (χ3n) is 7.58. The molecule has 1 saturated heterocycles. The van der Waals surface area contributed by atoms with E-state index in [1.54, 1.807) is 0 Å². The van der Waals surface area contributed by atoms with Gasteiger partial charge in [0.15, 0.2) is 0 Å². The van der Waals surface area contributed by atoms with E-state index in [2.05, 4.69) is 59.4 Å². The number of carbonyl (C=O) groups excluding carboxylic acids is 1. The summed E-state index contributed by atoms with van der Waals surface area (Å²) in [6.45, 7) is 5.09. The molecule has 1 spiro atoms. The van der Waals surface area contributed by atoms with Gasteiger partial charge in [-0.05, 0) is 63.6 Å². The Bertz CT molecular complexity index is 632. The molecule has 0 atom stereocenters.